The van der Waals surface area contributed by atoms with Gasteiger partial charge in [0.1, 0.15) is 0 Å². The highest BCUT2D eigenvalue weighted by Crippen LogP contribution is 2.33. The number of benzene rings is 3. The van der Waals surface area contributed by atoms with Gasteiger partial charge < -0.3 is 5.32 Å². The van der Waals surface area contributed by atoms with Crippen molar-refractivity contribution in [3.05, 3.63) is 95.1 Å². The lowest BCUT2D eigenvalue weighted by atomic mass is 9.89. The van der Waals surface area contributed by atoms with E-state index in [0.29, 0.717) is 0 Å². The fourth-order valence-electron chi connectivity index (χ4n) is 4.19. The molecule has 0 fully saturated rings. The van der Waals surface area contributed by atoms with Gasteiger partial charge in [-0.2, -0.15) is 0 Å². The van der Waals surface area contributed by atoms with Crippen LogP contribution < -0.4 is 5.32 Å². The van der Waals surface area contributed by atoms with Crippen LogP contribution in [-0.4, -0.2) is 0 Å². The zero-order valence-electron chi connectivity index (χ0n) is 15.4. The Hall–Kier alpha value is -3.06. The number of hydrogen-bond acceptors (Lipinski definition) is 1. The lowest BCUT2D eigenvalue weighted by Gasteiger charge is -2.17. The van der Waals surface area contributed by atoms with Gasteiger partial charge in [-0.25, -0.2) is 0 Å². The van der Waals surface area contributed by atoms with Crippen molar-refractivity contribution in [1.29, 1.82) is 0 Å². The van der Waals surface area contributed by atoms with Crippen LogP contribution in [0, 0.1) is 0 Å². The highest BCUT2D eigenvalue weighted by atomic mass is 14.9. The number of rotatable bonds is 3. The number of anilines is 2. The summed E-state index contributed by atoms with van der Waals surface area (Å²) in [6.45, 7) is 0. The third kappa shape index (κ3) is 3.21. The van der Waals surface area contributed by atoms with Crippen molar-refractivity contribution in [1.82, 2.24) is 0 Å². The van der Waals surface area contributed by atoms with E-state index in [1.165, 1.54) is 39.1 Å². The Kier molecular flexibility index (Phi) is 4.14. The van der Waals surface area contributed by atoms with Gasteiger partial charge >= 0.3 is 0 Å². The molecule has 0 amide bonds. The second kappa shape index (κ2) is 6.92. The molecule has 0 aliphatic heterocycles. The normalized spacial score (nSPS) is 14.5. The van der Waals surface area contributed by atoms with Crippen LogP contribution in [0.3, 0.4) is 0 Å². The van der Waals surface area contributed by atoms with Gasteiger partial charge in [-0.15, -0.1) is 0 Å². The molecule has 0 saturated heterocycles. The topological polar surface area (TPSA) is 12.0 Å². The molecular weight excluding hydrogens is 326 g/mol. The number of aryl methyl sites for hydroxylation is 1. The minimum atomic E-state index is 1.12. The average Bonchev–Trinajstić information content (AvgIpc) is 2.73. The molecule has 0 atom stereocenters. The van der Waals surface area contributed by atoms with Gasteiger partial charge in [-0.3, -0.25) is 0 Å². The summed E-state index contributed by atoms with van der Waals surface area (Å²) in [6, 6.07) is 22.1. The zero-order valence-corrected chi connectivity index (χ0v) is 15.4. The van der Waals surface area contributed by atoms with Crippen LogP contribution in [0.4, 0.5) is 11.4 Å². The van der Waals surface area contributed by atoms with Crippen LogP contribution in [-0.2, 0) is 12.8 Å². The number of nitrogens with one attached hydrogen (secondary N) is 1. The van der Waals surface area contributed by atoms with Crippen LogP contribution in [0.25, 0.3) is 23.3 Å². The molecule has 1 heteroatoms. The fourth-order valence-corrected chi connectivity index (χ4v) is 4.19. The predicted molar refractivity (Wildman–Crippen MR) is 116 cm³/mol. The second-order valence-electron chi connectivity index (χ2n) is 7.37. The van der Waals surface area contributed by atoms with Gasteiger partial charge in [0.05, 0.1) is 0 Å². The van der Waals surface area contributed by atoms with Gasteiger partial charge in [-0.1, -0.05) is 60.7 Å². The molecule has 3 aromatic carbocycles. The average molecular weight is 349 g/mol. The summed E-state index contributed by atoms with van der Waals surface area (Å²) < 4.78 is 0. The van der Waals surface area contributed by atoms with E-state index in [-0.39, 0.29) is 0 Å². The molecule has 5 rings (SSSR count). The van der Waals surface area contributed by atoms with E-state index < -0.39 is 0 Å². The van der Waals surface area contributed by atoms with Crippen molar-refractivity contribution in [3.63, 3.8) is 0 Å². The van der Waals surface area contributed by atoms with Crippen LogP contribution in [0.1, 0.15) is 35.1 Å². The Morgan fingerprint density at radius 1 is 0.667 bits per heavy atom. The summed E-state index contributed by atoms with van der Waals surface area (Å²) in [7, 11) is 0. The van der Waals surface area contributed by atoms with E-state index in [4.69, 9.17) is 0 Å². The summed E-state index contributed by atoms with van der Waals surface area (Å²) in [5.41, 5.74) is 10.6. The Morgan fingerprint density at radius 3 is 2.44 bits per heavy atom. The predicted octanol–water partition coefficient (Wildman–Crippen LogP) is 7.02. The van der Waals surface area contributed by atoms with Crippen LogP contribution in [0.15, 0.2) is 72.8 Å². The van der Waals surface area contributed by atoms with Crippen LogP contribution in [0.2, 0.25) is 0 Å². The molecule has 0 unspecified atom stereocenters. The first-order valence-corrected chi connectivity index (χ1v) is 9.82. The monoisotopic (exact) mass is 349 g/mol. The van der Waals surface area contributed by atoms with Gasteiger partial charge in [0.25, 0.3) is 0 Å². The summed E-state index contributed by atoms with van der Waals surface area (Å²) >= 11 is 0. The maximum absolute atomic E-state index is 3.61. The molecular formula is C26H23N. The molecule has 2 aliphatic carbocycles. The van der Waals surface area contributed by atoms with E-state index >= 15 is 0 Å². The SMILES string of the molecule is C1=Cc2ccc(Nc3cccc(-c4cccc5c4CCC=C5)c3)cc2CC1. The van der Waals surface area contributed by atoms with Crippen LogP contribution >= 0.6 is 0 Å². The van der Waals surface area contributed by atoms with E-state index in [1.54, 1.807) is 0 Å². The van der Waals surface area contributed by atoms with E-state index in [2.05, 4.69) is 90.3 Å². The van der Waals surface area contributed by atoms with Gasteiger partial charge in [0.2, 0.25) is 0 Å². The Morgan fingerprint density at radius 2 is 1.48 bits per heavy atom. The molecule has 0 spiro atoms. The van der Waals surface area contributed by atoms with Crippen molar-refractivity contribution in [2.24, 2.45) is 0 Å². The summed E-state index contributed by atoms with van der Waals surface area (Å²) in [5, 5.41) is 3.61. The van der Waals surface area contributed by atoms with Crippen molar-refractivity contribution < 1.29 is 0 Å². The standard InChI is InChI=1S/C26H23N/c1-2-9-21-17-24(16-15-19(21)7-1)27-23-12-5-11-22(18-23)26-14-6-10-20-8-3-4-13-25(20)26/h1,3,5-8,10-12,14-18,27H,2,4,9,13H2. The molecule has 27 heavy (non-hydrogen) atoms. The molecule has 1 N–H and O–H groups in total. The molecule has 0 bridgehead atoms. The maximum Gasteiger partial charge on any atom is 0.0390 e. The summed E-state index contributed by atoms with van der Waals surface area (Å²) in [6.07, 6.45) is 13.5. The quantitative estimate of drug-likeness (QED) is 0.536. The highest BCUT2D eigenvalue weighted by molar-refractivity contribution is 5.77. The lowest BCUT2D eigenvalue weighted by Crippen LogP contribution is -1.98. The zero-order chi connectivity index (χ0) is 18.1. The Bertz CT molecular complexity index is 1060. The lowest BCUT2D eigenvalue weighted by molar-refractivity contribution is 0.986. The van der Waals surface area contributed by atoms with Crippen molar-refractivity contribution in [2.75, 3.05) is 5.32 Å². The molecule has 0 saturated carbocycles. The van der Waals surface area contributed by atoms with E-state index in [9.17, 15) is 0 Å². The maximum atomic E-state index is 3.61. The molecule has 0 radical (unpaired) electrons. The Balaban J connectivity index is 1.47. The van der Waals surface area contributed by atoms with E-state index in [0.717, 1.165) is 31.4 Å². The van der Waals surface area contributed by atoms with Crippen molar-refractivity contribution in [2.45, 2.75) is 25.7 Å². The first kappa shape index (κ1) is 16.1. The third-order valence-corrected chi connectivity index (χ3v) is 5.55. The smallest absolute Gasteiger partial charge is 0.0390 e. The van der Waals surface area contributed by atoms with Crippen molar-refractivity contribution >= 4 is 23.5 Å². The molecule has 0 aromatic heterocycles. The Labute approximate surface area is 161 Å². The first-order chi connectivity index (χ1) is 13.4. The van der Waals surface area contributed by atoms with E-state index in [1.807, 2.05) is 0 Å². The molecule has 2 aliphatic rings. The number of allylic oxidation sites excluding steroid dienone is 2. The van der Waals surface area contributed by atoms with Crippen LogP contribution in [0.5, 0.6) is 0 Å². The highest BCUT2D eigenvalue weighted by Gasteiger charge is 2.11. The van der Waals surface area contributed by atoms with Gasteiger partial charge in [0, 0.05) is 11.4 Å². The second-order valence-corrected chi connectivity index (χ2v) is 7.37. The molecule has 1 nitrogen and oxygen atoms in total. The summed E-state index contributed by atoms with van der Waals surface area (Å²) in [4.78, 5) is 0. The fraction of sp³-hybridized carbons (Fsp3) is 0.154. The number of fused-ring (bicyclic) bond motifs is 2. The molecule has 132 valence electrons. The largest absolute Gasteiger partial charge is 0.356 e. The van der Waals surface area contributed by atoms with Gasteiger partial charge in [-0.05, 0) is 83.3 Å². The first-order valence-electron chi connectivity index (χ1n) is 9.82. The molecule has 3 aromatic rings. The summed E-state index contributed by atoms with van der Waals surface area (Å²) in [5.74, 6) is 0. The third-order valence-electron chi connectivity index (χ3n) is 5.55. The van der Waals surface area contributed by atoms with Crippen molar-refractivity contribution in [3.8, 4) is 11.1 Å². The number of hydrogen-bond donors (Lipinski definition) is 1. The van der Waals surface area contributed by atoms with Gasteiger partial charge in [0.15, 0.2) is 0 Å². The minimum absolute atomic E-state index is 1.12. The minimum Gasteiger partial charge on any atom is -0.356 e. The molecule has 0 heterocycles.